The first-order valence-corrected chi connectivity index (χ1v) is 4.70. The SMILES string of the molecule is OCc1nc(-c2ccccc2)c(CO)[nH]1. The van der Waals surface area contributed by atoms with Gasteiger partial charge in [-0.25, -0.2) is 4.98 Å². The standard InChI is InChI=1S/C11H12N2O2/c14-6-9-11(13-10(7-15)12-9)8-4-2-1-3-5-8/h1-5,14-15H,6-7H2,(H,12,13). The van der Waals surface area contributed by atoms with Gasteiger partial charge in [0.05, 0.1) is 18.0 Å². The molecule has 3 N–H and O–H groups in total. The van der Waals surface area contributed by atoms with Gasteiger partial charge in [-0.2, -0.15) is 0 Å². The van der Waals surface area contributed by atoms with Gasteiger partial charge in [0.15, 0.2) is 0 Å². The molecule has 78 valence electrons. The van der Waals surface area contributed by atoms with Crippen LogP contribution in [0.25, 0.3) is 11.3 Å². The molecule has 1 aromatic heterocycles. The number of benzene rings is 1. The average Bonchev–Trinajstić information content (AvgIpc) is 2.73. The number of imidazole rings is 1. The molecule has 4 nitrogen and oxygen atoms in total. The Kier molecular flexibility index (Phi) is 2.80. The molecule has 0 spiro atoms. The molecule has 2 aromatic rings. The molecule has 0 bridgehead atoms. The largest absolute Gasteiger partial charge is 0.390 e. The Morgan fingerprint density at radius 2 is 1.80 bits per heavy atom. The van der Waals surface area contributed by atoms with E-state index in [9.17, 15) is 0 Å². The monoisotopic (exact) mass is 204 g/mol. The van der Waals surface area contributed by atoms with Crippen molar-refractivity contribution >= 4 is 0 Å². The fourth-order valence-corrected chi connectivity index (χ4v) is 1.49. The molecule has 15 heavy (non-hydrogen) atoms. The van der Waals surface area contributed by atoms with Crippen LogP contribution < -0.4 is 0 Å². The third kappa shape index (κ3) is 1.91. The number of H-pyrrole nitrogens is 1. The number of hydrogen-bond acceptors (Lipinski definition) is 3. The lowest BCUT2D eigenvalue weighted by Crippen LogP contribution is -1.87. The highest BCUT2D eigenvalue weighted by atomic mass is 16.3. The van der Waals surface area contributed by atoms with Crippen molar-refractivity contribution in [3.63, 3.8) is 0 Å². The molecule has 1 heterocycles. The fraction of sp³-hybridized carbons (Fsp3) is 0.182. The van der Waals surface area contributed by atoms with Crippen LogP contribution >= 0.6 is 0 Å². The molecule has 0 saturated heterocycles. The smallest absolute Gasteiger partial charge is 0.132 e. The number of nitrogens with zero attached hydrogens (tertiary/aromatic N) is 1. The zero-order valence-corrected chi connectivity index (χ0v) is 8.14. The fourth-order valence-electron chi connectivity index (χ4n) is 1.49. The molecule has 2 rings (SSSR count). The van der Waals surface area contributed by atoms with Crippen LogP contribution in [0.4, 0.5) is 0 Å². The number of aliphatic hydroxyl groups is 2. The number of aromatic nitrogens is 2. The van der Waals surface area contributed by atoms with Crippen LogP contribution in [0.1, 0.15) is 11.5 Å². The van der Waals surface area contributed by atoms with Crippen molar-refractivity contribution in [2.75, 3.05) is 0 Å². The highest BCUT2D eigenvalue weighted by Crippen LogP contribution is 2.21. The lowest BCUT2D eigenvalue weighted by atomic mass is 10.1. The minimum atomic E-state index is -0.153. The van der Waals surface area contributed by atoms with Crippen LogP contribution in [0.2, 0.25) is 0 Å². The summed E-state index contributed by atoms with van der Waals surface area (Å²) in [6, 6.07) is 9.56. The second-order valence-electron chi connectivity index (χ2n) is 3.19. The van der Waals surface area contributed by atoms with Crippen molar-refractivity contribution < 1.29 is 10.2 Å². The van der Waals surface area contributed by atoms with Crippen LogP contribution in [-0.2, 0) is 13.2 Å². The Balaban J connectivity index is 2.47. The van der Waals surface area contributed by atoms with Crippen LogP contribution in [0.15, 0.2) is 30.3 Å². The first-order valence-electron chi connectivity index (χ1n) is 4.70. The van der Waals surface area contributed by atoms with Gasteiger partial charge in [-0.15, -0.1) is 0 Å². The lowest BCUT2D eigenvalue weighted by Gasteiger charge is -1.98. The van der Waals surface area contributed by atoms with Gasteiger partial charge in [0.1, 0.15) is 12.4 Å². The molecule has 0 aliphatic carbocycles. The Morgan fingerprint density at radius 1 is 1.07 bits per heavy atom. The predicted molar refractivity (Wildman–Crippen MR) is 55.9 cm³/mol. The van der Waals surface area contributed by atoms with Gasteiger partial charge in [0, 0.05) is 5.56 Å². The zero-order chi connectivity index (χ0) is 10.7. The van der Waals surface area contributed by atoms with E-state index < -0.39 is 0 Å². The predicted octanol–water partition coefficient (Wildman–Crippen LogP) is 1.06. The molecular weight excluding hydrogens is 192 g/mol. The van der Waals surface area contributed by atoms with Crippen LogP contribution in [-0.4, -0.2) is 20.2 Å². The van der Waals surface area contributed by atoms with E-state index in [0.29, 0.717) is 17.2 Å². The summed E-state index contributed by atoms with van der Waals surface area (Å²) in [6.45, 7) is -0.267. The normalized spacial score (nSPS) is 10.5. The maximum absolute atomic E-state index is 9.14. The van der Waals surface area contributed by atoms with E-state index in [1.165, 1.54) is 0 Å². The number of hydrogen-bond donors (Lipinski definition) is 3. The van der Waals surface area contributed by atoms with Gasteiger partial charge in [-0.3, -0.25) is 0 Å². The van der Waals surface area contributed by atoms with E-state index in [-0.39, 0.29) is 13.2 Å². The summed E-state index contributed by atoms with van der Waals surface area (Å²) in [5.74, 6) is 0.470. The van der Waals surface area contributed by atoms with Gasteiger partial charge in [0.2, 0.25) is 0 Å². The van der Waals surface area contributed by atoms with Crippen molar-refractivity contribution in [2.45, 2.75) is 13.2 Å². The summed E-state index contributed by atoms with van der Waals surface area (Å²) in [4.78, 5) is 7.07. The third-order valence-corrected chi connectivity index (χ3v) is 2.18. The first kappa shape index (κ1) is 9.89. The van der Waals surface area contributed by atoms with Crippen molar-refractivity contribution in [3.8, 4) is 11.3 Å². The summed E-state index contributed by atoms with van der Waals surface area (Å²) >= 11 is 0. The molecule has 0 amide bonds. The molecule has 4 heteroatoms. The molecule has 0 aliphatic rings. The molecule has 0 fully saturated rings. The van der Waals surface area contributed by atoms with Crippen LogP contribution in [0, 0.1) is 0 Å². The Labute approximate surface area is 87.2 Å². The van der Waals surface area contributed by atoms with Gasteiger partial charge in [-0.1, -0.05) is 30.3 Å². The molecule has 1 aromatic carbocycles. The van der Waals surface area contributed by atoms with E-state index >= 15 is 0 Å². The summed E-state index contributed by atoms with van der Waals surface area (Å²) in [5, 5.41) is 18.1. The summed E-state index contributed by atoms with van der Waals surface area (Å²) in [6.07, 6.45) is 0. The molecule has 0 radical (unpaired) electrons. The van der Waals surface area contributed by atoms with Crippen molar-refractivity contribution in [1.82, 2.24) is 9.97 Å². The highest BCUT2D eigenvalue weighted by Gasteiger charge is 2.10. The molecule has 0 atom stereocenters. The third-order valence-electron chi connectivity index (χ3n) is 2.18. The van der Waals surface area contributed by atoms with Gasteiger partial charge < -0.3 is 15.2 Å². The minimum absolute atomic E-state index is 0.114. The van der Waals surface area contributed by atoms with Crippen molar-refractivity contribution in [3.05, 3.63) is 41.9 Å². The van der Waals surface area contributed by atoms with Gasteiger partial charge in [0.25, 0.3) is 0 Å². The number of rotatable bonds is 3. The second-order valence-corrected chi connectivity index (χ2v) is 3.19. The van der Waals surface area contributed by atoms with Crippen LogP contribution in [0.5, 0.6) is 0 Å². The van der Waals surface area contributed by atoms with Gasteiger partial charge >= 0.3 is 0 Å². The summed E-state index contributed by atoms with van der Waals surface area (Å²) < 4.78 is 0. The van der Waals surface area contributed by atoms with E-state index in [2.05, 4.69) is 9.97 Å². The average molecular weight is 204 g/mol. The summed E-state index contributed by atoms with van der Waals surface area (Å²) in [7, 11) is 0. The maximum Gasteiger partial charge on any atom is 0.132 e. The lowest BCUT2D eigenvalue weighted by molar-refractivity contribution is 0.267. The molecule has 0 aliphatic heterocycles. The number of aromatic amines is 1. The Morgan fingerprint density at radius 3 is 2.40 bits per heavy atom. The van der Waals surface area contributed by atoms with E-state index in [4.69, 9.17) is 10.2 Å². The molecule has 0 saturated carbocycles. The summed E-state index contributed by atoms with van der Waals surface area (Å²) in [5.41, 5.74) is 2.25. The topological polar surface area (TPSA) is 69.1 Å². The highest BCUT2D eigenvalue weighted by molar-refractivity contribution is 5.61. The molecule has 0 unspecified atom stereocenters. The Bertz CT molecular complexity index is 437. The second kappa shape index (κ2) is 4.25. The first-order chi connectivity index (χ1) is 7.35. The molecular formula is C11H12N2O2. The quantitative estimate of drug-likeness (QED) is 0.700. The van der Waals surface area contributed by atoms with Crippen LogP contribution in [0.3, 0.4) is 0 Å². The zero-order valence-electron chi connectivity index (χ0n) is 8.14. The number of nitrogens with one attached hydrogen (secondary N) is 1. The van der Waals surface area contributed by atoms with Gasteiger partial charge in [-0.05, 0) is 0 Å². The number of aliphatic hydroxyl groups excluding tert-OH is 2. The van der Waals surface area contributed by atoms with Crippen molar-refractivity contribution in [2.24, 2.45) is 0 Å². The van der Waals surface area contributed by atoms with Crippen molar-refractivity contribution in [1.29, 1.82) is 0 Å². The van der Waals surface area contributed by atoms with E-state index in [1.807, 2.05) is 30.3 Å². The maximum atomic E-state index is 9.14. The van der Waals surface area contributed by atoms with E-state index in [0.717, 1.165) is 5.56 Å². The van der Waals surface area contributed by atoms with E-state index in [1.54, 1.807) is 0 Å². The minimum Gasteiger partial charge on any atom is -0.390 e. The Hall–Kier alpha value is -1.65.